The molecule has 15 heavy (non-hydrogen) atoms. The molecule has 8 heteroatoms. The van der Waals surface area contributed by atoms with Crippen LogP contribution in [0.5, 0.6) is 0 Å². The third-order valence-electron chi connectivity index (χ3n) is 1.34. The van der Waals surface area contributed by atoms with Gasteiger partial charge in [-0.25, -0.2) is 10.2 Å². The van der Waals surface area contributed by atoms with Gasteiger partial charge in [0.15, 0.2) is 0 Å². The number of hydrogen-bond donors (Lipinski definition) is 2. The minimum absolute atomic E-state index is 0.103. The number of nitrogens with one attached hydrogen (secondary N) is 2. The van der Waals surface area contributed by atoms with Gasteiger partial charge in [-0.2, -0.15) is 0 Å². The minimum Gasteiger partial charge on any atom is -0.306 e. The van der Waals surface area contributed by atoms with E-state index in [2.05, 4.69) is 10.2 Å². The number of halogens is 2. The number of aldehydes is 1. The summed E-state index contributed by atoms with van der Waals surface area (Å²) in [6.07, 6.45) is 0.905. The Balaban J connectivity index is 4.01. The van der Waals surface area contributed by atoms with Crippen LogP contribution in [0.2, 0.25) is 0 Å². The Labute approximate surface area is 99.4 Å². The topological polar surface area (TPSA) is 67.4 Å². The van der Waals surface area contributed by atoms with Crippen LogP contribution in [0, 0.1) is 0 Å². The van der Waals surface area contributed by atoms with Crippen LogP contribution in [-0.4, -0.2) is 37.7 Å². The first kappa shape index (κ1) is 15.4. The maximum absolute atomic E-state index is 11.9. The van der Waals surface area contributed by atoms with E-state index in [0.29, 0.717) is 31.1 Å². The molecule has 2 N–H and O–H groups in total. The van der Waals surface area contributed by atoms with Gasteiger partial charge in [0.05, 0.1) is 6.61 Å². The lowest BCUT2D eigenvalue weighted by Crippen LogP contribution is -2.27. The van der Waals surface area contributed by atoms with E-state index in [1.807, 2.05) is 0 Å². The first-order valence-corrected chi connectivity index (χ1v) is 7.18. The molecular weight excluding hydrogens is 262 g/mol. The van der Waals surface area contributed by atoms with E-state index in [0.717, 1.165) is 0 Å². The van der Waals surface area contributed by atoms with Crippen molar-refractivity contribution in [2.45, 2.75) is 6.42 Å². The highest BCUT2D eigenvalue weighted by molar-refractivity contribution is 7.54. The van der Waals surface area contributed by atoms with Crippen LogP contribution in [0.3, 0.4) is 0 Å². The van der Waals surface area contributed by atoms with Crippen LogP contribution in [0.25, 0.3) is 0 Å². The molecule has 0 fully saturated rings. The first-order chi connectivity index (χ1) is 7.18. The number of hydrogen-bond acceptors (Lipinski definition) is 3. The number of rotatable bonds is 10. The minimum atomic E-state index is -3.11. The zero-order valence-corrected chi connectivity index (χ0v) is 10.7. The zero-order chi connectivity index (χ0) is 11.6. The predicted octanol–water partition coefficient (Wildman–Crippen LogP) is 1.36. The fraction of sp³-hybridized carbons (Fsp3) is 0.857. The summed E-state index contributed by atoms with van der Waals surface area (Å²) < 4.78 is 17.0. The number of alkyl halides is 2. The van der Waals surface area contributed by atoms with Gasteiger partial charge in [-0.1, -0.05) is 0 Å². The van der Waals surface area contributed by atoms with E-state index >= 15 is 0 Å². The molecule has 0 aromatic heterocycles. The van der Waals surface area contributed by atoms with Crippen LogP contribution in [0.1, 0.15) is 6.42 Å². The first-order valence-electron chi connectivity index (χ1n) is 4.49. The Morgan fingerprint density at radius 3 is 2.13 bits per heavy atom. The van der Waals surface area contributed by atoms with Gasteiger partial charge >= 0.3 is 7.67 Å². The molecule has 0 rings (SSSR count). The van der Waals surface area contributed by atoms with E-state index in [9.17, 15) is 9.36 Å². The molecule has 0 aliphatic heterocycles. The molecule has 0 bridgehead atoms. The third-order valence-corrected chi connectivity index (χ3v) is 3.54. The van der Waals surface area contributed by atoms with Crippen molar-refractivity contribution in [1.82, 2.24) is 10.2 Å². The Morgan fingerprint density at radius 1 is 1.20 bits per heavy atom. The van der Waals surface area contributed by atoms with E-state index in [1.165, 1.54) is 0 Å². The molecule has 0 spiro atoms. The van der Waals surface area contributed by atoms with Crippen molar-refractivity contribution in [1.29, 1.82) is 0 Å². The van der Waals surface area contributed by atoms with Gasteiger partial charge in [-0.05, 0) is 0 Å². The molecular formula is C7H15Cl2N2O3P. The summed E-state index contributed by atoms with van der Waals surface area (Å²) in [5.41, 5.74) is 0. The van der Waals surface area contributed by atoms with E-state index in [4.69, 9.17) is 27.7 Å². The number of carbonyl (C=O) groups excluding carboxylic acids is 1. The highest BCUT2D eigenvalue weighted by Gasteiger charge is 2.20. The fourth-order valence-corrected chi connectivity index (χ4v) is 2.68. The Kier molecular flexibility index (Phi) is 9.81. The van der Waals surface area contributed by atoms with Gasteiger partial charge in [0.25, 0.3) is 0 Å². The molecule has 0 atom stereocenters. The van der Waals surface area contributed by atoms with Gasteiger partial charge in [0.2, 0.25) is 0 Å². The Hall–Kier alpha value is 0.360. The van der Waals surface area contributed by atoms with Crippen molar-refractivity contribution in [2.24, 2.45) is 0 Å². The third kappa shape index (κ3) is 8.20. The quantitative estimate of drug-likeness (QED) is 0.273. The summed E-state index contributed by atoms with van der Waals surface area (Å²) in [6, 6.07) is 0. The second-order valence-corrected chi connectivity index (χ2v) is 5.28. The van der Waals surface area contributed by atoms with Crippen molar-refractivity contribution in [3.63, 3.8) is 0 Å². The molecule has 0 aliphatic carbocycles. The normalized spacial score (nSPS) is 11.6. The van der Waals surface area contributed by atoms with E-state index in [1.54, 1.807) is 0 Å². The van der Waals surface area contributed by atoms with Gasteiger partial charge in [0, 0.05) is 31.3 Å². The van der Waals surface area contributed by atoms with Crippen LogP contribution in [0.15, 0.2) is 0 Å². The van der Waals surface area contributed by atoms with Crippen molar-refractivity contribution in [3.8, 4) is 0 Å². The lowest BCUT2D eigenvalue weighted by Gasteiger charge is -2.19. The molecule has 0 aliphatic rings. The molecule has 90 valence electrons. The molecule has 0 unspecified atom stereocenters. The van der Waals surface area contributed by atoms with Crippen molar-refractivity contribution < 1.29 is 13.9 Å². The smallest absolute Gasteiger partial charge is 0.306 e. The molecule has 0 saturated heterocycles. The maximum Gasteiger partial charge on any atom is 0.340 e. The molecule has 0 radical (unpaired) electrons. The molecule has 0 heterocycles. The lowest BCUT2D eigenvalue weighted by atomic mass is 10.5. The van der Waals surface area contributed by atoms with Gasteiger partial charge in [0.1, 0.15) is 6.29 Å². The summed E-state index contributed by atoms with van der Waals surface area (Å²) in [5.74, 6) is 0.646. The van der Waals surface area contributed by atoms with Crippen molar-refractivity contribution >= 4 is 37.2 Å². The Morgan fingerprint density at radius 2 is 1.73 bits per heavy atom. The van der Waals surface area contributed by atoms with Crippen LogP contribution < -0.4 is 10.2 Å². The monoisotopic (exact) mass is 276 g/mol. The molecule has 0 saturated carbocycles. The SMILES string of the molecule is O=CCCOP(=O)(NCCCl)NCCCl. The second kappa shape index (κ2) is 9.58. The Bertz CT molecular complexity index is 206. The van der Waals surface area contributed by atoms with Crippen LogP contribution in [-0.2, 0) is 13.9 Å². The summed E-state index contributed by atoms with van der Waals surface area (Å²) in [4.78, 5) is 10.1. The van der Waals surface area contributed by atoms with Gasteiger partial charge in [-0.3, -0.25) is 4.57 Å². The summed E-state index contributed by atoms with van der Waals surface area (Å²) in [5, 5.41) is 5.31. The fourth-order valence-electron chi connectivity index (χ4n) is 0.755. The molecule has 5 nitrogen and oxygen atoms in total. The molecule has 0 amide bonds. The maximum atomic E-state index is 11.9. The van der Waals surface area contributed by atoms with Crippen molar-refractivity contribution in [2.75, 3.05) is 31.5 Å². The molecule has 0 aromatic carbocycles. The highest BCUT2D eigenvalue weighted by Crippen LogP contribution is 2.36. The average Bonchev–Trinajstić information content (AvgIpc) is 2.24. The van der Waals surface area contributed by atoms with Gasteiger partial charge < -0.3 is 9.32 Å². The summed E-state index contributed by atoms with van der Waals surface area (Å²) >= 11 is 10.9. The summed E-state index contributed by atoms with van der Waals surface area (Å²) in [6.45, 7) is 0.815. The predicted molar refractivity (Wildman–Crippen MR) is 61.7 cm³/mol. The van der Waals surface area contributed by atoms with E-state index < -0.39 is 7.67 Å². The van der Waals surface area contributed by atoms with Crippen molar-refractivity contribution in [3.05, 3.63) is 0 Å². The number of carbonyl (C=O) groups is 1. The second-order valence-electron chi connectivity index (χ2n) is 2.53. The van der Waals surface area contributed by atoms with Crippen LogP contribution in [0.4, 0.5) is 0 Å². The van der Waals surface area contributed by atoms with Crippen LogP contribution >= 0.6 is 30.9 Å². The average molecular weight is 277 g/mol. The van der Waals surface area contributed by atoms with E-state index in [-0.39, 0.29) is 13.0 Å². The zero-order valence-electron chi connectivity index (χ0n) is 8.25. The molecule has 0 aromatic rings. The summed E-state index contributed by atoms with van der Waals surface area (Å²) in [7, 11) is -3.11. The van der Waals surface area contributed by atoms with Gasteiger partial charge in [-0.15, -0.1) is 23.2 Å². The highest BCUT2D eigenvalue weighted by atomic mass is 35.5. The lowest BCUT2D eigenvalue weighted by molar-refractivity contribution is -0.108. The standard InChI is InChI=1S/C7H15Cl2N2O3P/c8-2-4-10-15(13,11-5-3-9)14-7-1-6-12/h6H,1-5,7H2,(H2,10,11,13). The largest absolute Gasteiger partial charge is 0.340 e.